The van der Waals surface area contributed by atoms with Gasteiger partial charge in [0, 0.05) is 5.56 Å². The quantitative estimate of drug-likeness (QED) is 0.699. The lowest BCUT2D eigenvalue weighted by molar-refractivity contribution is 1.03. The van der Waals surface area contributed by atoms with Crippen LogP contribution in [0.3, 0.4) is 0 Å². The Balaban J connectivity index is 2.45. The summed E-state index contributed by atoms with van der Waals surface area (Å²) in [5.74, 6) is 0.597. The van der Waals surface area contributed by atoms with Crippen LogP contribution < -0.4 is 0 Å². The molecule has 0 spiro atoms. The third-order valence-electron chi connectivity index (χ3n) is 1.24. The van der Waals surface area contributed by atoms with E-state index < -0.39 is 0 Å². The Bertz CT molecular complexity index is 374. The largest absolute Gasteiger partial charge is 0.203 e. The normalized spacial score (nSPS) is 10.1. The van der Waals surface area contributed by atoms with E-state index in [0.29, 0.717) is 10.3 Å². The predicted octanol–water partition coefficient (Wildman–Crippen LogP) is 1.65. The van der Waals surface area contributed by atoms with Crippen LogP contribution in [-0.2, 0) is 0 Å². The van der Waals surface area contributed by atoms with Crippen LogP contribution in [0.2, 0.25) is 4.47 Å². The van der Waals surface area contributed by atoms with E-state index in [1.165, 1.54) is 0 Å². The number of halogens is 1. The molecule has 0 aliphatic rings. The minimum absolute atomic E-state index is 0.432. The highest BCUT2D eigenvalue weighted by Gasteiger charge is 2.03. The highest BCUT2D eigenvalue weighted by atomic mass is 35.5. The van der Waals surface area contributed by atoms with Crippen LogP contribution in [0.15, 0.2) is 18.5 Å². The van der Waals surface area contributed by atoms with Gasteiger partial charge in [0.05, 0.1) is 12.4 Å². The summed E-state index contributed by atoms with van der Waals surface area (Å²) >= 11 is 6.77. The zero-order chi connectivity index (χ0) is 8.39. The summed E-state index contributed by atoms with van der Waals surface area (Å²) in [7, 11) is 0. The van der Waals surface area contributed by atoms with Gasteiger partial charge in [-0.15, -0.1) is 0 Å². The van der Waals surface area contributed by atoms with Gasteiger partial charge in [-0.3, -0.25) is 0 Å². The summed E-state index contributed by atoms with van der Waals surface area (Å²) in [6.07, 6.45) is 3.18. The molecule has 0 aliphatic carbocycles. The van der Waals surface area contributed by atoms with E-state index in [1.807, 2.05) is 0 Å². The standard InChI is InChI=1S/C6H3ClN4S/c7-6-10-5(11-12-6)4-1-2-8-9-3-4/h1-3H. The maximum atomic E-state index is 5.62. The SMILES string of the molecule is Clc1nc(-c2ccnnc2)ns1. The second-order valence-corrected chi connectivity index (χ2v) is 3.34. The minimum Gasteiger partial charge on any atom is -0.203 e. The Morgan fingerprint density at radius 2 is 2.25 bits per heavy atom. The maximum absolute atomic E-state index is 5.62. The van der Waals surface area contributed by atoms with Gasteiger partial charge >= 0.3 is 0 Å². The number of nitrogens with zero attached hydrogens (tertiary/aromatic N) is 4. The topological polar surface area (TPSA) is 51.6 Å². The van der Waals surface area contributed by atoms with Gasteiger partial charge in [0.15, 0.2) is 5.82 Å². The van der Waals surface area contributed by atoms with E-state index in [1.54, 1.807) is 18.5 Å². The van der Waals surface area contributed by atoms with Crippen LogP contribution >= 0.6 is 23.1 Å². The summed E-state index contributed by atoms with van der Waals surface area (Å²) in [6, 6.07) is 1.78. The van der Waals surface area contributed by atoms with Crippen LogP contribution in [0.25, 0.3) is 11.4 Å². The summed E-state index contributed by atoms with van der Waals surface area (Å²) in [4.78, 5) is 3.99. The fourth-order valence-corrected chi connectivity index (χ4v) is 1.36. The first-order valence-electron chi connectivity index (χ1n) is 3.12. The van der Waals surface area contributed by atoms with Crippen molar-refractivity contribution >= 4 is 23.1 Å². The first-order valence-corrected chi connectivity index (χ1v) is 4.27. The molecule has 2 aromatic heterocycles. The van der Waals surface area contributed by atoms with E-state index in [4.69, 9.17) is 11.6 Å². The van der Waals surface area contributed by atoms with Crippen molar-refractivity contribution in [2.45, 2.75) is 0 Å². The van der Waals surface area contributed by atoms with E-state index in [0.717, 1.165) is 17.1 Å². The lowest BCUT2D eigenvalue weighted by atomic mass is 10.3. The molecule has 0 aliphatic heterocycles. The van der Waals surface area contributed by atoms with Crippen LogP contribution in [0.5, 0.6) is 0 Å². The van der Waals surface area contributed by atoms with Crippen molar-refractivity contribution in [1.29, 1.82) is 0 Å². The molecule has 0 atom stereocenters. The molecule has 2 heterocycles. The second-order valence-electron chi connectivity index (χ2n) is 2.00. The molecule has 0 saturated carbocycles. The van der Waals surface area contributed by atoms with E-state index >= 15 is 0 Å². The predicted molar refractivity (Wildman–Crippen MR) is 45.9 cm³/mol. The summed E-state index contributed by atoms with van der Waals surface area (Å²) < 4.78 is 4.45. The van der Waals surface area contributed by atoms with Crippen LogP contribution in [0, 0.1) is 0 Å². The van der Waals surface area contributed by atoms with Gasteiger partial charge in [-0.1, -0.05) is 0 Å². The third kappa shape index (κ3) is 1.41. The van der Waals surface area contributed by atoms with Crippen molar-refractivity contribution in [3.8, 4) is 11.4 Å². The van der Waals surface area contributed by atoms with E-state index in [-0.39, 0.29) is 0 Å². The first kappa shape index (κ1) is 7.57. The Hall–Kier alpha value is -1.07. The summed E-state index contributed by atoms with van der Waals surface area (Å²) in [6.45, 7) is 0. The monoisotopic (exact) mass is 198 g/mol. The van der Waals surface area contributed by atoms with Gasteiger partial charge in [-0.05, 0) is 29.2 Å². The van der Waals surface area contributed by atoms with Crippen molar-refractivity contribution < 1.29 is 0 Å². The molecule has 0 aromatic carbocycles. The molecule has 0 amide bonds. The molecule has 2 aromatic rings. The highest BCUT2D eigenvalue weighted by Crippen LogP contribution is 2.18. The molecule has 0 N–H and O–H groups in total. The fourth-order valence-electron chi connectivity index (χ4n) is 0.745. The average molecular weight is 199 g/mol. The Kier molecular flexibility index (Phi) is 1.97. The first-order chi connectivity index (χ1) is 5.86. The molecule has 6 heteroatoms. The van der Waals surface area contributed by atoms with Crippen molar-refractivity contribution in [3.05, 3.63) is 22.9 Å². The molecule has 60 valence electrons. The molecule has 0 radical (unpaired) electrons. The molecule has 0 saturated heterocycles. The van der Waals surface area contributed by atoms with Gasteiger partial charge < -0.3 is 0 Å². The molecule has 0 bridgehead atoms. The molecule has 12 heavy (non-hydrogen) atoms. The van der Waals surface area contributed by atoms with Crippen LogP contribution in [0.1, 0.15) is 0 Å². The molecular weight excluding hydrogens is 196 g/mol. The zero-order valence-corrected chi connectivity index (χ0v) is 7.38. The summed E-state index contributed by atoms with van der Waals surface area (Å²) in [5.41, 5.74) is 0.827. The number of hydrogen-bond acceptors (Lipinski definition) is 5. The van der Waals surface area contributed by atoms with Crippen molar-refractivity contribution in [3.63, 3.8) is 0 Å². The lowest BCUT2D eigenvalue weighted by Gasteiger charge is -1.89. The van der Waals surface area contributed by atoms with Gasteiger partial charge in [0.2, 0.25) is 4.47 Å². The smallest absolute Gasteiger partial charge is 0.203 e. The Morgan fingerprint density at radius 3 is 2.83 bits per heavy atom. The number of hydrogen-bond donors (Lipinski definition) is 0. The van der Waals surface area contributed by atoms with Gasteiger partial charge in [0.1, 0.15) is 0 Å². The Labute approximate surface area is 77.4 Å². The molecule has 2 rings (SSSR count). The zero-order valence-electron chi connectivity index (χ0n) is 5.81. The average Bonchev–Trinajstić information content (AvgIpc) is 2.54. The lowest BCUT2D eigenvalue weighted by Crippen LogP contribution is -1.83. The molecule has 4 nitrogen and oxygen atoms in total. The third-order valence-corrected chi connectivity index (χ3v) is 2.04. The number of aromatic nitrogens is 4. The van der Waals surface area contributed by atoms with Crippen molar-refractivity contribution in [2.75, 3.05) is 0 Å². The van der Waals surface area contributed by atoms with Crippen molar-refractivity contribution in [1.82, 2.24) is 19.6 Å². The second kappa shape index (κ2) is 3.12. The number of rotatable bonds is 1. The Morgan fingerprint density at radius 1 is 1.33 bits per heavy atom. The molecular formula is C6H3ClN4S. The molecule has 0 unspecified atom stereocenters. The van der Waals surface area contributed by atoms with Crippen LogP contribution in [-0.4, -0.2) is 19.6 Å². The maximum Gasteiger partial charge on any atom is 0.203 e. The van der Waals surface area contributed by atoms with E-state index in [9.17, 15) is 0 Å². The van der Waals surface area contributed by atoms with Gasteiger partial charge in [0.25, 0.3) is 0 Å². The van der Waals surface area contributed by atoms with Gasteiger partial charge in [-0.2, -0.15) is 14.6 Å². The fraction of sp³-hybridized carbons (Fsp3) is 0. The molecule has 0 fully saturated rings. The van der Waals surface area contributed by atoms with Crippen molar-refractivity contribution in [2.24, 2.45) is 0 Å². The van der Waals surface area contributed by atoms with Gasteiger partial charge in [-0.25, -0.2) is 4.98 Å². The minimum atomic E-state index is 0.432. The van der Waals surface area contributed by atoms with E-state index in [2.05, 4.69) is 19.6 Å². The highest BCUT2D eigenvalue weighted by molar-refractivity contribution is 7.10. The van der Waals surface area contributed by atoms with Crippen LogP contribution in [0.4, 0.5) is 0 Å². The summed E-state index contributed by atoms with van der Waals surface area (Å²) in [5, 5.41) is 7.34.